The van der Waals surface area contributed by atoms with Gasteiger partial charge >= 0.3 is 5.97 Å². The summed E-state index contributed by atoms with van der Waals surface area (Å²) in [5, 5.41) is 0. The number of rotatable bonds is 2. The van der Waals surface area contributed by atoms with Gasteiger partial charge in [0.05, 0.1) is 0 Å². The average molecular weight is 236 g/mol. The van der Waals surface area contributed by atoms with Crippen molar-refractivity contribution in [3.63, 3.8) is 0 Å². The third-order valence-electron chi connectivity index (χ3n) is 1.78. The highest BCUT2D eigenvalue weighted by Crippen LogP contribution is 1.94. The Morgan fingerprint density at radius 2 is 2.06 bits per heavy atom. The van der Waals surface area contributed by atoms with Crippen LogP contribution in [0.2, 0.25) is 0 Å². The van der Waals surface area contributed by atoms with Gasteiger partial charge in [0.1, 0.15) is 0 Å². The molecule has 0 atom stereocenters. The number of esters is 1. The Balaban J connectivity index is 2.39. The van der Waals surface area contributed by atoms with Crippen LogP contribution in [0.15, 0.2) is 55.1 Å². The first-order valence-electron chi connectivity index (χ1n) is 5.32. The van der Waals surface area contributed by atoms with Crippen LogP contribution < -0.4 is 0 Å². The summed E-state index contributed by atoms with van der Waals surface area (Å²) in [4.78, 5) is 11.1. The normalized spacial score (nSPS) is 8.67. The molecule has 0 heterocycles. The zero-order chi connectivity index (χ0) is 13.1. The van der Waals surface area contributed by atoms with Crippen LogP contribution in [0.1, 0.15) is 5.56 Å². The molecule has 0 saturated heterocycles. The van der Waals surface area contributed by atoms with Gasteiger partial charge in [-0.1, -0.05) is 48.5 Å². The van der Waals surface area contributed by atoms with E-state index in [-0.39, 0.29) is 6.61 Å². The van der Waals surface area contributed by atoms with Crippen LogP contribution in [-0.4, -0.2) is 12.6 Å². The Bertz CT molecular complexity index is 545. The van der Waals surface area contributed by atoms with Crippen LogP contribution in [0.4, 0.5) is 0 Å². The summed E-state index contributed by atoms with van der Waals surface area (Å²) >= 11 is 0. The molecule has 1 rings (SSSR count). The van der Waals surface area contributed by atoms with Crippen molar-refractivity contribution in [3.8, 4) is 23.7 Å². The maximum Gasteiger partial charge on any atom is 0.332 e. The zero-order valence-corrected chi connectivity index (χ0v) is 9.85. The van der Waals surface area contributed by atoms with Crippen molar-refractivity contribution in [2.24, 2.45) is 0 Å². The summed E-state index contributed by atoms with van der Waals surface area (Å²) in [5.41, 5.74) is 0.896. The maximum atomic E-state index is 11.1. The first kappa shape index (κ1) is 13.4. The average Bonchev–Trinajstić information content (AvgIpc) is 2.41. The summed E-state index contributed by atoms with van der Waals surface area (Å²) < 4.78 is 4.78. The number of carbonyl (C=O) groups excluding carboxylic acids is 1. The van der Waals surface area contributed by atoms with E-state index in [0.717, 1.165) is 5.56 Å². The van der Waals surface area contributed by atoms with Crippen molar-refractivity contribution in [1.29, 1.82) is 0 Å². The molecule has 0 bridgehead atoms. The van der Waals surface area contributed by atoms with E-state index < -0.39 is 5.97 Å². The van der Waals surface area contributed by atoms with Gasteiger partial charge in [0.2, 0.25) is 0 Å². The van der Waals surface area contributed by atoms with Gasteiger partial charge in [-0.2, -0.15) is 0 Å². The first-order valence-corrected chi connectivity index (χ1v) is 5.32. The quantitative estimate of drug-likeness (QED) is 0.447. The van der Waals surface area contributed by atoms with Crippen molar-refractivity contribution in [2.75, 3.05) is 6.61 Å². The molecule has 88 valence electrons. The molecule has 0 unspecified atom stereocenters. The Hall–Kier alpha value is -2.71. The van der Waals surface area contributed by atoms with E-state index in [9.17, 15) is 4.79 Å². The van der Waals surface area contributed by atoms with Gasteiger partial charge in [-0.15, -0.1) is 0 Å². The molecule has 1 aromatic carbocycles. The van der Waals surface area contributed by atoms with Gasteiger partial charge in [0.25, 0.3) is 0 Å². The second-order valence-electron chi connectivity index (χ2n) is 3.10. The van der Waals surface area contributed by atoms with Gasteiger partial charge in [-0.05, 0) is 24.3 Å². The molecule has 1 aromatic rings. The van der Waals surface area contributed by atoms with Gasteiger partial charge in [0.15, 0.2) is 6.61 Å². The van der Waals surface area contributed by atoms with E-state index in [2.05, 4.69) is 30.3 Å². The summed E-state index contributed by atoms with van der Waals surface area (Å²) in [7, 11) is 0. The monoisotopic (exact) mass is 236 g/mol. The highest BCUT2D eigenvalue weighted by atomic mass is 16.5. The lowest BCUT2D eigenvalue weighted by molar-refractivity contribution is -0.136. The van der Waals surface area contributed by atoms with Gasteiger partial charge in [-0.25, -0.2) is 4.79 Å². The van der Waals surface area contributed by atoms with Crippen molar-refractivity contribution >= 4 is 5.97 Å². The molecule has 0 radical (unpaired) electrons. The second kappa shape index (κ2) is 8.44. The largest absolute Gasteiger partial charge is 0.449 e. The standard InChI is InChI=1S/C16H12O2/c1-2-3-9-14-18-16(17)13-8-7-12-15-10-5-4-6-11-15/h2,4-6,8,10-11,13H,1,14H2/b13-8+. The van der Waals surface area contributed by atoms with Crippen molar-refractivity contribution in [3.05, 3.63) is 60.7 Å². The van der Waals surface area contributed by atoms with E-state index in [0.29, 0.717) is 0 Å². The molecule has 0 aliphatic rings. The molecule has 2 heteroatoms. The molecule has 0 spiro atoms. The van der Waals surface area contributed by atoms with Gasteiger partial charge < -0.3 is 4.74 Å². The first-order chi connectivity index (χ1) is 8.83. The molecule has 0 fully saturated rings. The minimum Gasteiger partial charge on any atom is -0.449 e. The number of ether oxygens (including phenoxy) is 1. The Kier molecular flexibility index (Phi) is 6.26. The maximum absolute atomic E-state index is 11.1. The molecular formula is C16H12O2. The number of hydrogen-bond donors (Lipinski definition) is 0. The molecule has 2 nitrogen and oxygen atoms in total. The predicted molar refractivity (Wildman–Crippen MR) is 71.4 cm³/mol. The van der Waals surface area contributed by atoms with Crippen LogP contribution >= 0.6 is 0 Å². The van der Waals surface area contributed by atoms with E-state index in [1.165, 1.54) is 18.2 Å². The Morgan fingerprint density at radius 3 is 2.78 bits per heavy atom. The van der Waals surface area contributed by atoms with Crippen LogP contribution in [0.25, 0.3) is 0 Å². The van der Waals surface area contributed by atoms with Crippen LogP contribution in [0.3, 0.4) is 0 Å². The summed E-state index contributed by atoms with van der Waals surface area (Å²) in [5.74, 6) is 10.4. The zero-order valence-electron chi connectivity index (χ0n) is 9.85. The minimum atomic E-state index is -0.462. The number of carbonyl (C=O) groups is 1. The summed E-state index contributed by atoms with van der Waals surface area (Å²) in [6.45, 7) is 3.48. The van der Waals surface area contributed by atoms with Crippen molar-refractivity contribution in [1.82, 2.24) is 0 Å². The fourth-order valence-electron chi connectivity index (χ4n) is 1.03. The number of allylic oxidation sites excluding steroid dienone is 2. The van der Waals surface area contributed by atoms with E-state index in [1.54, 1.807) is 0 Å². The highest BCUT2D eigenvalue weighted by molar-refractivity contribution is 5.82. The Labute approximate surface area is 107 Å². The van der Waals surface area contributed by atoms with E-state index >= 15 is 0 Å². The van der Waals surface area contributed by atoms with Crippen molar-refractivity contribution < 1.29 is 9.53 Å². The Morgan fingerprint density at radius 1 is 1.28 bits per heavy atom. The highest BCUT2D eigenvalue weighted by Gasteiger charge is 1.91. The molecule has 0 amide bonds. The molecule has 0 aromatic heterocycles. The van der Waals surface area contributed by atoms with E-state index in [4.69, 9.17) is 4.74 Å². The summed E-state index contributed by atoms with van der Waals surface area (Å²) in [6, 6.07) is 9.51. The second-order valence-corrected chi connectivity index (χ2v) is 3.10. The minimum absolute atomic E-state index is 0.0569. The van der Waals surface area contributed by atoms with Gasteiger partial charge in [-0.3, -0.25) is 0 Å². The van der Waals surface area contributed by atoms with Crippen LogP contribution in [-0.2, 0) is 9.53 Å². The predicted octanol–water partition coefficient (Wildman–Crippen LogP) is 2.33. The molecule has 18 heavy (non-hydrogen) atoms. The lowest BCUT2D eigenvalue weighted by Gasteiger charge is -1.92. The molecule has 0 N–H and O–H groups in total. The van der Waals surface area contributed by atoms with Crippen LogP contribution in [0, 0.1) is 23.7 Å². The molecule has 0 aliphatic carbocycles. The lowest BCUT2D eigenvalue weighted by Crippen LogP contribution is -1.99. The topological polar surface area (TPSA) is 26.3 Å². The van der Waals surface area contributed by atoms with Crippen LogP contribution in [0.5, 0.6) is 0 Å². The lowest BCUT2D eigenvalue weighted by atomic mass is 10.2. The fraction of sp³-hybridized carbons (Fsp3) is 0.0625. The fourth-order valence-corrected chi connectivity index (χ4v) is 1.03. The SMILES string of the molecule is C=CC#CCOC(=O)/C=C/C#Cc1ccccc1. The third kappa shape index (κ3) is 6.00. The smallest absolute Gasteiger partial charge is 0.332 e. The third-order valence-corrected chi connectivity index (χ3v) is 1.78. The molecule has 0 aliphatic heterocycles. The summed E-state index contributed by atoms with van der Waals surface area (Å²) in [6.07, 6.45) is 4.16. The molecular weight excluding hydrogens is 224 g/mol. The van der Waals surface area contributed by atoms with Crippen molar-refractivity contribution in [2.45, 2.75) is 0 Å². The number of benzene rings is 1. The van der Waals surface area contributed by atoms with E-state index in [1.807, 2.05) is 30.3 Å². The molecule has 0 saturated carbocycles. The van der Waals surface area contributed by atoms with Gasteiger partial charge in [0, 0.05) is 11.6 Å². The number of hydrogen-bond acceptors (Lipinski definition) is 2.